The number of fused-ring (bicyclic) bond motifs is 1. The van der Waals surface area contributed by atoms with Crippen LogP contribution in [0.15, 0.2) is 58.5 Å². The third-order valence-electron chi connectivity index (χ3n) is 10.4. The van der Waals surface area contributed by atoms with E-state index >= 15 is 0 Å². The number of nitrogens with two attached hydrogens (primary N) is 4. The molecule has 54 heavy (non-hydrogen) atoms. The van der Waals surface area contributed by atoms with E-state index in [9.17, 15) is 19.2 Å². The molecule has 2 saturated carbocycles. The molecule has 0 radical (unpaired) electrons. The highest BCUT2D eigenvalue weighted by Gasteiger charge is 2.45. The van der Waals surface area contributed by atoms with Crippen molar-refractivity contribution < 1.29 is 28.7 Å². The van der Waals surface area contributed by atoms with Crippen LogP contribution in [-0.2, 0) is 22.6 Å². The largest absolute Gasteiger partial charge is 0.446 e. The normalized spacial score (nSPS) is 22.1. The summed E-state index contributed by atoms with van der Waals surface area (Å²) >= 11 is 0. The zero-order valence-corrected chi connectivity index (χ0v) is 30.3. The van der Waals surface area contributed by atoms with Gasteiger partial charge in [-0.25, -0.2) is 29.2 Å². The number of ether oxygens (including phenoxy) is 2. The summed E-state index contributed by atoms with van der Waals surface area (Å²) in [6.07, 6.45) is 1.92. The van der Waals surface area contributed by atoms with E-state index in [-0.39, 0.29) is 48.4 Å². The molecule has 4 fully saturated rings. The lowest BCUT2D eigenvalue weighted by atomic mass is 10.0. The number of urea groups is 2. The molecule has 4 aliphatic rings. The maximum absolute atomic E-state index is 13.0. The third kappa shape index (κ3) is 10.1. The van der Waals surface area contributed by atoms with Gasteiger partial charge >= 0.3 is 24.2 Å². The zero-order valence-electron chi connectivity index (χ0n) is 30.3. The van der Waals surface area contributed by atoms with Gasteiger partial charge in [0, 0.05) is 65.4 Å². The highest BCUT2D eigenvalue weighted by molar-refractivity contribution is 5.79. The Bertz CT molecular complexity index is 1560. The van der Waals surface area contributed by atoms with Crippen molar-refractivity contribution in [3.8, 4) is 0 Å². The topological polar surface area (TPSA) is 253 Å². The van der Waals surface area contributed by atoms with Gasteiger partial charge in [0.1, 0.15) is 12.2 Å². The standard InChI is InChI=1S/C36H50N12O6/c37-31(38)43-27-5-1-23(2-6-27)21-41-33(49)45-9-13-47(14-10-45)35(51)53-29-17-25-19-30(20-26(25)18-29)54-36(52)48-15-11-46(12-16-48)34(50)42-22-24-3-7-28(8-4-24)44-32(39)40/h1-8,25-26,29-30H,9-22H2,(H,41,49)(H,42,50)(H4,37,38,43)(H4,39,40,44). The van der Waals surface area contributed by atoms with Crippen LogP contribution in [0.4, 0.5) is 30.6 Å². The summed E-state index contributed by atoms with van der Waals surface area (Å²) in [4.78, 5) is 66.1. The van der Waals surface area contributed by atoms with E-state index in [2.05, 4.69) is 20.6 Å². The van der Waals surface area contributed by atoms with Gasteiger partial charge in [0.25, 0.3) is 0 Å². The number of carbonyl (C=O) groups excluding carboxylic acids is 4. The molecule has 18 heteroatoms. The van der Waals surface area contributed by atoms with Crippen molar-refractivity contribution in [1.82, 2.24) is 30.2 Å². The fourth-order valence-electron chi connectivity index (χ4n) is 7.57. The maximum Gasteiger partial charge on any atom is 0.410 e. The number of rotatable bonds is 8. The predicted molar refractivity (Wildman–Crippen MR) is 201 cm³/mol. The number of carbonyl (C=O) groups is 4. The van der Waals surface area contributed by atoms with Crippen LogP contribution in [-0.4, -0.2) is 120 Å². The first-order valence-corrected chi connectivity index (χ1v) is 18.3. The Morgan fingerprint density at radius 1 is 0.537 bits per heavy atom. The quantitative estimate of drug-likeness (QED) is 0.168. The molecular weight excluding hydrogens is 696 g/mol. The summed E-state index contributed by atoms with van der Waals surface area (Å²) < 4.78 is 11.8. The summed E-state index contributed by atoms with van der Waals surface area (Å²) in [6.45, 7) is 3.94. The van der Waals surface area contributed by atoms with Crippen molar-refractivity contribution >= 4 is 47.5 Å². The van der Waals surface area contributed by atoms with E-state index < -0.39 is 0 Å². The van der Waals surface area contributed by atoms with Crippen LogP contribution in [0, 0.1) is 11.8 Å². The lowest BCUT2D eigenvalue weighted by Gasteiger charge is -2.35. The fraction of sp³-hybridized carbons (Fsp3) is 0.500. The van der Waals surface area contributed by atoms with Gasteiger partial charge in [0.05, 0.1) is 11.4 Å². The highest BCUT2D eigenvalue weighted by Crippen LogP contribution is 2.46. The number of benzene rings is 2. The monoisotopic (exact) mass is 746 g/mol. The van der Waals surface area contributed by atoms with Gasteiger partial charge in [-0.1, -0.05) is 24.3 Å². The summed E-state index contributed by atoms with van der Waals surface area (Å²) in [6, 6.07) is 14.1. The second-order valence-corrected chi connectivity index (χ2v) is 14.1. The van der Waals surface area contributed by atoms with Crippen molar-refractivity contribution in [2.24, 2.45) is 44.8 Å². The van der Waals surface area contributed by atoms with E-state index in [1.165, 1.54) is 0 Å². The van der Waals surface area contributed by atoms with Crippen LogP contribution < -0.4 is 33.6 Å². The number of hydrogen-bond acceptors (Lipinski definition) is 8. The second kappa shape index (κ2) is 17.3. The predicted octanol–water partition coefficient (Wildman–Crippen LogP) is 1.68. The molecule has 2 heterocycles. The molecule has 2 aromatic rings. The zero-order chi connectivity index (χ0) is 38.2. The number of piperazine rings is 2. The van der Waals surface area contributed by atoms with Crippen LogP contribution in [0.25, 0.3) is 0 Å². The average molecular weight is 747 g/mol. The van der Waals surface area contributed by atoms with E-state index in [1.807, 2.05) is 24.3 Å². The molecule has 10 N–H and O–H groups in total. The third-order valence-corrected chi connectivity index (χ3v) is 10.4. The molecule has 0 bridgehead atoms. The molecule has 2 saturated heterocycles. The van der Waals surface area contributed by atoms with Crippen LogP contribution in [0.1, 0.15) is 36.8 Å². The van der Waals surface area contributed by atoms with Gasteiger partial charge in [-0.05, 0) is 72.9 Å². The number of amides is 6. The molecule has 18 nitrogen and oxygen atoms in total. The SMILES string of the molecule is NC(N)=Nc1ccc(CNC(=O)N2CCN(C(=O)OC3CC4CC(OC(=O)N5CCN(C(=O)NCc6ccc(N=C(N)N)cc6)CC5)CC4C3)CC2)cc1. The number of guanidine groups is 2. The molecule has 2 aliphatic heterocycles. The Labute approximate surface area is 313 Å². The maximum atomic E-state index is 13.0. The lowest BCUT2D eigenvalue weighted by molar-refractivity contribution is 0.0374. The lowest BCUT2D eigenvalue weighted by Crippen LogP contribution is -2.53. The Balaban J connectivity index is 0.836. The minimum Gasteiger partial charge on any atom is -0.446 e. The number of aliphatic imine (C=N–C) groups is 2. The van der Waals surface area contributed by atoms with Crippen molar-refractivity contribution in [3.63, 3.8) is 0 Å². The first-order valence-electron chi connectivity index (χ1n) is 18.3. The minimum absolute atomic E-state index is 0.0185. The molecule has 6 amide bonds. The summed E-state index contributed by atoms with van der Waals surface area (Å²) in [5.41, 5.74) is 24.7. The van der Waals surface area contributed by atoms with Crippen LogP contribution in [0.3, 0.4) is 0 Å². The summed E-state index contributed by atoms with van der Waals surface area (Å²) in [7, 11) is 0. The molecule has 0 spiro atoms. The fourth-order valence-corrected chi connectivity index (χ4v) is 7.57. The van der Waals surface area contributed by atoms with Gasteiger partial charge in [-0.2, -0.15) is 0 Å². The molecular formula is C36H50N12O6. The van der Waals surface area contributed by atoms with Crippen LogP contribution >= 0.6 is 0 Å². The molecule has 290 valence electrons. The minimum atomic E-state index is -0.352. The van der Waals surface area contributed by atoms with Crippen molar-refractivity contribution in [1.29, 1.82) is 0 Å². The second-order valence-electron chi connectivity index (χ2n) is 14.1. The number of nitrogens with zero attached hydrogens (tertiary/aromatic N) is 6. The Hall–Kier alpha value is -5.94. The van der Waals surface area contributed by atoms with Gasteiger partial charge in [-0.15, -0.1) is 0 Å². The Morgan fingerprint density at radius 2 is 0.852 bits per heavy atom. The Morgan fingerprint density at radius 3 is 1.17 bits per heavy atom. The van der Waals surface area contributed by atoms with Crippen LogP contribution in [0.2, 0.25) is 0 Å². The van der Waals surface area contributed by atoms with E-state index in [0.29, 0.717) is 88.7 Å². The molecule has 0 unspecified atom stereocenters. The molecule has 0 atom stereocenters. The van der Waals surface area contributed by atoms with Crippen molar-refractivity contribution in [3.05, 3.63) is 59.7 Å². The number of nitrogens with one attached hydrogen (secondary N) is 2. The molecule has 2 aromatic carbocycles. The van der Waals surface area contributed by atoms with Crippen LogP contribution in [0.5, 0.6) is 0 Å². The first-order chi connectivity index (χ1) is 26.0. The van der Waals surface area contributed by atoms with Crippen molar-refractivity contribution in [2.45, 2.75) is 51.0 Å². The summed E-state index contributed by atoms with van der Waals surface area (Å²) in [5.74, 6) is 0.615. The van der Waals surface area contributed by atoms with Gasteiger partial charge in [-0.3, -0.25) is 0 Å². The number of hydrogen-bond donors (Lipinski definition) is 6. The van der Waals surface area contributed by atoms with Crippen molar-refractivity contribution in [2.75, 3.05) is 52.4 Å². The first kappa shape index (κ1) is 37.8. The Kier molecular flexibility index (Phi) is 12.1. The smallest absolute Gasteiger partial charge is 0.410 e. The molecule has 6 rings (SSSR count). The van der Waals surface area contributed by atoms with E-state index in [1.54, 1.807) is 43.9 Å². The van der Waals surface area contributed by atoms with Gasteiger partial charge in [0.2, 0.25) is 0 Å². The molecule has 0 aromatic heterocycles. The van der Waals surface area contributed by atoms with E-state index in [0.717, 1.165) is 36.8 Å². The van der Waals surface area contributed by atoms with Gasteiger partial charge < -0.3 is 62.6 Å². The van der Waals surface area contributed by atoms with Gasteiger partial charge in [0.15, 0.2) is 11.9 Å². The molecule has 2 aliphatic carbocycles. The highest BCUT2D eigenvalue weighted by atomic mass is 16.6. The van der Waals surface area contributed by atoms with E-state index in [4.69, 9.17) is 32.4 Å². The summed E-state index contributed by atoms with van der Waals surface area (Å²) in [5, 5.41) is 5.83. The average Bonchev–Trinajstić information content (AvgIpc) is 3.71.